The molecule has 0 radical (unpaired) electrons. The first kappa shape index (κ1) is 15.8. The SMILES string of the molecule is CCCCNC(=O)N1CCCC(C(C)(C)C(=O)O)C1. The number of carbonyl (C=O) groups is 2. The van der Waals surface area contributed by atoms with Crippen LogP contribution in [0.15, 0.2) is 0 Å². The Bertz CT molecular complexity index is 329. The normalized spacial score (nSPS) is 20.2. The minimum Gasteiger partial charge on any atom is -0.481 e. The van der Waals surface area contributed by atoms with Gasteiger partial charge in [0.05, 0.1) is 5.41 Å². The number of amides is 2. The Hall–Kier alpha value is -1.26. The standard InChI is InChI=1S/C14H26N2O3/c1-4-5-8-15-13(19)16-9-6-7-11(10-16)14(2,3)12(17)18/h11H,4-10H2,1-3H3,(H,15,19)(H,17,18). The van der Waals surface area contributed by atoms with E-state index in [0.717, 1.165) is 32.2 Å². The quantitative estimate of drug-likeness (QED) is 0.753. The van der Waals surface area contributed by atoms with Gasteiger partial charge in [-0.25, -0.2) is 4.79 Å². The zero-order valence-electron chi connectivity index (χ0n) is 12.2. The second-order valence-electron chi connectivity index (χ2n) is 5.90. The van der Waals surface area contributed by atoms with E-state index in [1.807, 2.05) is 0 Å². The lowest BCUT2D eigenvalue weighted by Crippen LogP contribution is -2.50. The fourth-order valence-electron chi connectivity index (χ4n) is 2.41. The monoisotopic (exact) mass is 270 g/mol. The van der Waals surface area contributed by atoms with Crippen molar-refractivity contribution in [1.29, 1.82) is 0 Å². The van der Waals surface area contributed by atoms with Crippen molar-refractivity contribution in [1.82, 2.24) is 10.2 Å². The summed E-state index contributed by atoms with van der Waals surface area (Å²) in [6.07, 6.45) is 3.78. The lowest BCUT2D eigenvalue weighted by molar-refractivity contribution is -0.151. The van der Waals surface area contributed by atoms with Gasteiger partial charge in [-0.3, -0.25) is 4.79 Å². The van der Waals surface area contributed by atoms with E-state index in [0.29, 0.717) is 13.1 Å². The predicted molar refractivity (Wildman–Crippen MR) is 74.0 cm³/mol. The molecule has 1 saturated heterocycles. The van der Waals surface area contributed by atoms with Gasteiger partial charge in [-0.15, -0.1) is 0 Å². The second-order valence-corrected chi connectivity index (χ2v) is 5.90. The van der Waals surface area contributed by atoms with E-state index in [-0.39, 0.29) is 11.9 Å². The Morgan fingerprint density at radius 1 is 1.42 bits per heavy atom. The number of aliphatic carboxylic acids is 1. The highest BCUT2D eigenvalue weighted by Gasteiger charge is 2.39. The lowest BCUT2D eigenvalue weighted by Gasteiger charge is -2.39. The van der Waals surface area contributed by atoms with Gasteiger partial charge in [-0.05, 0) is 39.0 Å². The summed E-state index contributed by atoms with van der Waals surface area (Å²) >= 11 is 0. The molecule has 0 aromatic heterocycles. The van der Waals surface area contributed by atoms with E-state index in [9.17, 15) is 14.7 Å². The summed E-state index contributed by atoms with van der Waals surface area (Å²) < 4.78 is 0. The number of hydrogen-bond acceptors (Lipinski definition) is 2. The van der Waals surface area contributed by atoms with Gasteiger partial charge in [0.25, 0.3) is 0 Å². The van der Waals surface area contributed by atoms with Crippen molar-refractivity contribution in [2.45, 2.75) is 46.5 Å². The summed E-state index contributed by atoms with van der Waals surface area (Å²) in [6, 6.07) is -0.0562. The minimum atomic E-state index is -0.786. The average Bonchev–Trinajstić information content (AvgIpc) is 2.39. The van der Waals surface area contributed by atoms with Crippen molar-refractivity contribution in [3.8, 4) is 0 Å². The van der Waals surface area contributed by atoms with Gasteiger partial charge in [0.2, 0.25) is 0 Å². The van der Waals surface area contributed by atoms with E-state index < -0.39 is 11.4 Å². The largest absolute Gasteiger partial charge is 0.481 e. The van der Waals surface area contributed by atoms with Gasteiger partial charge in [0, 0.05) is 19.6 Å². The first-order valence-electron chi connectivity index (χ1n) is 7.15. The maximum absolute atomic E-state index is 12.0. The number of rotatable bonds is 5. The third-order valence-electron chi connectivity index (χ3n) is 4.09. The topological polar surface area (TPSA) is 69.6 Å². The Morgan fingerprint density at radius 2 is 2.11 bits per heavy atom. The number of carboxylic acid groups (broad SMARTS) is 1. The number of unbranched alkanes of at least 4 members (excludes halogenated alkanes) is 1. The van der Waals surface area contributed by atoms with E-state index in [4.69, 9.17) is 0 Å². The highest BCUT2D eigenvalue weighted by Crippen LogP contribution is 2.34. The molecule has 2 amide bonds. The molecular formula is C14H26N2O3. The number of carboxylic acids is 1. The molecule has 1 unspecified atom stereocenters. The smallest absolute Gasteiger partial charge is 0.317 e. The molecule has 0 spiro atoms. The summed E-state index contributed by atoms with van der Waals surface area (Å²) in [7, 11) is 0. The number of urea groups is 1. The van der Waals surface area contributed by atoms with E-state index in [1.54, 1.807) is 18.7 Å². The molecule has 0 aromatic rings. The molecule has 19 heavy (non-hydrogen) atoms. The molecule has 110 valence electrons. The number of hydrogen-bond donors (Lipinski definition) is 2. The molecule has 5 heteroatoms. The average molecular weight is 270 g/mol. The van der Waals surface area contributed by atoms with Crippen LogP contribution in [-0.2, 0) is 4.79 Å². The fourth-order valence-corrected chi connectivity index (χ4v) is 2.41. The van der Waals surface area contributed by atoms with Crippen molar-refractivity contribution in [3.63, 3.8) is 0 Å². The molecule has 0 bridgehead atoms. The molecule has 0 aromatic carbocycles. The maximum Gasteiger partial charge on any atom is 0.317 e. The van der Waals surface area contributed by atoms with E-state index in [1.165, 1.54) is 0 Å². The molecule has 1 aliphatic heterocycles. The van der Waals surface area contributed by atoms with Crippen molar-refractivity contribution >= 4 is 12.0 Å². The maximum atomic E-state index is 12.0. The molecule has 0 saturated carbocycles. The first-order chi connectivity index (χ1) is 8.89. The molecule has 1 fully saturated rings. The summed E-state index contributed by atoms with van der Waals surface area (Å²) in [6.45, 7) is 7.54. The molecule has 1 heterocycles. The van der Waals surface area contributed by atoms with Crippen molar-refractivity contribution in [2.24, 2.45) is 11.3 Å². The molecule has 2 N–H and O–H groups in total. The minimum absolute atomic E-state index is 0.0238. The van der Waals surface area contributed by atoms with Crippen LogP contribution in [0.3, 0.4) is 0 Å². The molecule has 1 aliphatic rings. The number of nitrogens with one attached hydrogen (secondary N) is 1. The number of nitrogens with zero attached hydrogens (tertiary/aromatic N) is 1. The molecule has 5 nitrogen and oxygen atoms in total. The van der Waals surface area contributed by atoms with Gasteiger partial charge in [0.1, 0.15) is 0 Å². The van der Waals surface area contributed by atoms with Crippen LogP contribution in [0.2, 0.25) is 0 Å². The van der Waals surface area contributed by atoms with Crippen molar-refractivity contribution < 1.29 is 14.7 Å². The van der Waals surface area contributed by atoms with Crippen LogP contribution in [0.4, 0.5) is 4.79 Å². The molecule has 1 rings (SSSR count). The van der Waals surface area contributed by atoms with Crippen LogP contribution < -0.4 is 5.32 Å². The fraction of sp³-hybridized carbons (Fsp3) is 0.857. The Morgan fingerprint density at radius 3 is 2.68 bits per heavy atom. The van der Waals surface area contributed by atoms with Gasteiger partial charge < -0.3 is 15.3 Å². The zero-order valence-corrected chi connectivity index (χ0v) is 12.2. The van der Waals surface area contributed by atoms with Crippen LogP contribution in [0.1, 0.15) is 46.5 Å². The van der Waals surface area contributed by atoms with Crippen LogP contribution in [-0.4, -0.2) is 41.6 Å². The third kappa shape index (κ3) is 4.11. The highest BCUT2D eigenvalue weighted by atomic mass is 16.4. The summed E-state index contributed by atoms with van der Waals surface area (Å²) in [5, 5.41) is 12.2. The van der Waals surface area contributed by atoms with Crippen LogP contribution in [0.25, 0.3) is 0 Å². The number of likely N-dealkylation sites (tertiary alicyclic amines) is 1. The summed E-state index contributed by atoms with van der Waals surface area (Å²) in [5.74, 6) is -0.763. The second kappa shape index (κ2) is 6.78. The Kier molecular flexibility index (Phi) is 5.63. The lowest BCUT2D eigenvalue weighted by atomic mass is 9.74. The van der Waals surface area contributed by atoms with Gasteiger partial charge >= 0.3 is 12.0 Å². The van der Waals surface area contributed by atoms with Crippen molar-refractivity contribution in [3.05, 3.63) is 0 Å². The van der Waals surface area contributed by atoms with Gasteiger partial charge in [-0.2, -0.15) is 0 Å². The van der Waals surface area contributed by atoms with Gasteiger partial charge in [0.15, 0.2) is 0 Å². The number of piperidine rings is 1. The Labute approximate surface area is 115 Å². The van der Waals surface area contributed by atoms with Crippen LogP contribution in [0.5, 0.6) is 0 Å². The predicted octanol–water partition coefficient (Wildman–Crippen LogP) is 2.32. The summed E-state index contributed by atoms with van der Waals surface area (Å²) in [5.41, 5.74) is -0.775. The molecular weight excluding hydrogens is 244 g/mol. The third-order valence-corrected chi connectivity index (χ3v) is 4.09. The Balaban J connectivity index is 2.54. The first-order valence-corrected chi connectivity index (χ1v) is 7.15. The van der Waals surface area contributed by atoms with E-state index >= 15 is 0 Å². The van der Waals surface area contributed by atoms with Crippen LogP contribution >= 0.6 is 0 Å². The zero-order chi connectivity index (χ0) is 14.5. The van der Waals surface area contributed by atoms with Crippen molar-refractivity contribution in [2.75, 3.05) is 19.6 Å². The summed E-state index contributed by atoms with van der Waals surface area (Å²) in [4.78, 5) is 25.0. The molecule has 1 atom stereocenters. The number of carbonyl (C=O) groups excluding carboxylic acids is 1. The van der Waals surface area contributed by atoms with Crippen LogP contribution in [0, 0.1) is 11.3 Å². The van der Waals surface area contributed by atoms with E-state index in [2.05, 4.69) is 12.2 Å². The van der Waals surface area contributed by atoms with Gasteiger partial charge in [-0.1, -0.05) is 13.3 Å². The highest BCUT2D eigenvalue weighted by molar-refractivity contribution is 5.76. The molecule has 0 aliphatic carbocycles.